The van der Waals surface area contributed by atoms with Crippen LogP contribution in [-0.2, 0) is 4.74 Å². The Hall–Kier alpha value is -1.06. The number of ether oxygens (including phenoxy) is 2. The van der Waals surface area contributed by atoms with Crippen molar-refractivity contribution in [2.24, 2.45) is 5.73 Å². The quantitative estimate of drug-likeness (QED) is 0.870. The number of nitrogens with two attached hydrogens (primary N) is 1. The van der Waals surface area contributed by atoms with E-state index in [0.717, 1.165) is 30.8 Å². The lowest BCUT2D eigenvalue weighted by atomic mass is 9.91. The minimum atomic E-state index is 0.285. The highest BCUT2D eigenvalue weighted by Gasteiger charge is 2.26. The van der Waals surface area contributed by atoms with E-state index in [2.05, 4.69) is 19.1 Å². The van der Waals surface area contributed by atoms with Gasteiger partial charge in [0.1, 0.15) is 5.75 Å². The van der Waals surface area contributed by atoms with Crippen molar-refractivity contribution in [2.75, 3.05) is 20.3 Å². The van der Waals surface area contributed by atoms with Gasteiger partial charge in [0, 0.05) is 19.1 Å². The first-order valence-corrected chi connectivity index (χ1v) is 6.22. The summed E-state index contributed by atoms with van der Waals surface area (Å²) in [5, 5.41) is 0. The van der Waals surface area contributed by atoms with Gasteiger partial charge in [-0.1, -0.05) is 12.1 Å². The summed E-state index contributed by atoms with van der Waals surface area (Å²) in [7, 11) is 1.70. The molecule has 3 nitrogen and oxygen atoms in total. The maximum Gasteiger partial charge on any atom is 0.121 e. The molecule has 0 bridgehead atoms. The third-order valence-corrected chi connectivity index (χ3v) is 3.51. The maximum absolute atomic E-state index is 5.89. The maximum atomic E-state index is 5.89. The summed E-state index contributed by atoms with van der Waals surface area (Å²) < 4.78 is 11.0. The lowest BCUT2D eigenvalue weighted by molar-refractivity contribution is 0.0905. The van der Waals surface area contributed by atoms with Gasteiger partial charge in [-0.05, 0) is 37.0 Å². The summed E-state index contributed by atoms with van der Waals surface area (Å²) >= 11 is 0. The van der Waals surface area contributed by atoms with Gasteiger partial charge in [0.25, 0.3) is 0 Å². The van der Waals surface area contributed by atoms with Crippen molar-refractivity contribution in [1.82, 2.24) is 0 Å². The fourth-order valence-corrected chi connectivity index (χ4v) is 2.55. The molecule has 3 heteroatoms. The van der Waals surface area contributed by atoms with E-state index in [1.165, 1.54) is 5.56 Å². The van der Waals surface area contributed by atoms with Crippen LogP contribution in [0.15, 0.2) is 18.2 Å². The average Bonchev–Trinajstić information content (AvgIpc) is 2.84. The van der Waals surface area contributed by atoms with Gasteiger partial charge in [-0.15, -0.1) is 0 Å². The average molecular weight is 235 g/mol. The Morgan fingerprint density at radius 3 is 2.88 bits per heavy atom. The third kappa shape index (κ3) is 2.61. The monoisotopic (exact) mass is 235 g/mol. The largest absolute Gasteiger partial charge is 0.496 e. The van der Waals surface area contributed by atoms with Crippen LogP contribution < -0.4 is 10.5 Å². The topological polar surface area (TPSA) is 44.5 Å². The van der Waals surface area contributed by atoms with Gasteiger partial charge in [-0.3, -0.25) is 0 Å². The van der Waals surface area contributed by atoms with Gasteiger partial charge in [0.15, 0.2) is 0 Å². The van der Waals surface area contributed by atoms with Crippen LogP contribution in [0.1, 0.15) is 29.9 Å². The van der Waals surface area contributed by atoms with Gasteiger partial charge in [0.05, 0.1) is 13.2 Å². The van der Waals surface area contributed by atoms with E-state index in [-0.39, 0.29) is 6.10 Å². The van der Waals surface area contributed by atoms with E-state index in [9.17, 15) is 0 Å². The van der Waals surface area contributed by atoms with Crippen molar-refractivity contribution < 1.29 is 9.47 Å². The number of rotatable bonds is 4. The molecule has 1 fully saturated rings. The van der Waals surface area contributed by atoms with Crippen molar-refractivity contribution in [3.63, 3.8) is 0 Å². The van der Waals surface area contributed by atoms with Crippen molar-refractivity contribution in [3.05, 3.63) is 29.3 Å². The second-order valence-electron chi connectivity index (χ2n) is 4.62. The van der Waals surface area contributed by atoms with Gasteiger partial charge < -0.3 is 15.2 Å². The number of aryl methyl sites for hydroxylation is 1. The van der Waals surface area contributed by atoms with Gasteiger partial charge in [-0.25, -0.2) is 0 Å². The first-order valence-electron chi connectivity index (χ1n) is 6.22. The van der Waals surface area contributed by atoms with Crippen molar-refractivity contribution in [3.8, 4) is 5.75 Å². The number of methoxy groups -OCH3 is 1. The van der Waals surface area contributed by atoms with E-state index >= 15 is 0 Å². The predicted octanol–water partition coefficient (Wildman–Crippen LogP) is 2.22. The molecule has 2 N–H and O–H groups in total. The molecule has 1 heterocycles. The molecular weight excluding hydrogens is 214 g/mol. The zero-order valence-corrected chi connectivity index (χ0v) is 10.6. The SMILES string of the molecule is COc1ccc(C(CN)C2CCCO2)cc1C. The molecule has 0 amide bonds. The molecular formula is C14H21NO2. The van der Waals surface area contributed by atoms with Crippen LogP contribution in [0.2, 0.25) is 0 Å². The summed E-state index contributed by atoms with van der Waals surface area (Å²) in [5.74, 6) is 1.24. The van der Waals surface area contributed by atoms with Crippen LogP contribution in [-0.4, -0.2) is 26.4 Å². The predicted molar refractivity (Wildman–Crippen MR) is 68.5 cm³/mol. The highest BCUT2D eigenvalue weighted by Crippen LogP contribution is 2.30. The van der Waals surface area contributed by atoms with Crippen LogP contribution >= 0.6 is 0 Å². The second-order valence-corrected chi connectivity index (χ2v) is 4.62. The molecule has 0 aliphatic carbocycles. The fraction of sp³-hybridized carbons (Fsp3) is 0.571. The molecule has 17 heavy (non-hydrogen) atoms. The van der Waals surface area contributed by atoms with Crippen LogP contribution in [0, 0.1) is 6.92 Å². The summed E-state index contributed by atoms with van der Waals surface area (Å²) in [6, 6.07) is 6.28. The van der Waals surface area contributed by atoms with E-state index in [1.807, 2.05) is 6.07 Å². The second kappa shape index (κ2) is 5.52. The minimum Gasteiger partial charge on any atom is -0.496 e. The molecule has 0 saturated carbocycles. The molecule has 94 valence electrons. The molecule has 2 rings (SSSR count). The number of hydrogen-bond donors (Lipinski definition) is 1. The molecule has 1 aliphatic rings. The summed E-state index contributed by atoms with van der Waals surface area (Å²) in [6.07, 6.45) is 2.55. The van der Waals surface area contributed by atoms with Crippen LogP contribution in [0.3, 0.4) is 0 Å². The van der Waals surface area contributed by atoms with Crippen molar-refractivity contribution in [1.29, 1.82) is 0 Å². The van der Waals surface area contributed by atoms with Crippen molar-refractivity contribution in [2.45, 2.75) is 31.8 Å². The highest BCUT2D eigenvalue weighted by molar-refractivity contribution is 5.38. The zero-order chi connectivity index (χ0) is 12.3. The van der Waals surface area contributed by atoms with Crippen molar-refractivity contribution >= 4 is 0 Å². The molecule has 0 radical (unpaired) electrons. The molecule has 2 atom stereocenters. The number of benzene rings is 1. The first-order chi connectivity index (χ1) is 8.26. The van der Waals surface area contributed by atoms with Crippen LogP contribution in [0.4, 0.5) is 0 Å². The Bertz CT molecular complexity index is 372. The Labute approximate surface area is 103 Å². The molecule has 0 spiro atoms. The molecule has 0 aromatic heterocycles. The normalized spacial score (nSPS) is 21.5. The molecule has 2 unspecified atom stereocenters. The first kappa shape index (κ1) is 12.4. The van der Waals surface area contributed by atoms with Crippen LogP contribution in [0.5, 0.6) is 5.75 Å². The Morgan fingerprint density at radius 2 is 2.35 bits per heavy atom. The molecule has 1 aliphatic heterocycles. The van der Waals surface area contributed by atoms with Gasteiger partial charge in [-0.2, -0.15) is 0 Å². The van der Waals surface area contributed by atoms with E-state index in [4.69, 9.17) is 15.2 Å². The van der Waals surface area contributed by atoms with E-state index < -0.39 is 0 Å². The Balaban J connectivity index is 2.21. The summed E-state index contributed by atoms with van der Waals surface area (Å²) in [5.41, 5.74) is 8.31. The van der Waals surface area contributed by atoms with Gasteiger partial charge >= 0.3 is 0 Å². The molecule has 1 saturated heterocycles. The molecule has 1 aromatic carbocycles. The minimum absolute atomic E-state index is 0.285. The Morgan fingerprint density at radius 1 is 1.53 bits per heavy atom. The van der Waals surface area contributed by atoms with E-state index in [1.54, 1.807) is 7.11 Å². The lowest BCUT2D eigenvalue weighted by Gasteiger charge is -2.22. The highest BCUT2D eigenvalue weighted by atomic mass is 16.5. The third-order valence-electron chi connectivity index (χ3n) is 3.51. The summed E-state index contributed by atoms with van der Waals surface area (Å²) in [4.78, 5) is 0. The summed E-state index contributed by atoms with van der Waals surface area (Å²) in [6.45, 7) is 3.57. The van der Waals surface area contributed by atoms with Gasteiger partial charge in [0.2, 0.25) is 0 Å². The Kier molecular flexibility index (Phi) is 4.02. The van der Waals surface area contributed by atoms with Crippen LogP contribution in [0.25, 0.3) is 0 Å². The smallest absolute Gasteiger partial charge is 0.121 e. The van der Waals surface area contributed by atoms with E-state index in [0.29, 0.717) is 12.5 Å². The lowest BCUT2D eigenvalue weighted by Crippen LogP contribution is -2.25. The standard InChI is InChI=1S/C14H21NO2/c1-10-8-11(5-6-13(10)16-2)12(9-15)14-4-3-7-17-14/h5-6,8,12,14H,3-4,7,9,15H2,1-2H3. The number of hydrogen-bond acceptors (Lipinski definition) is 3. The fourth-order valence-electron chi connectivity index (χ4n) is 2.55. The zero-order valence-electron chi connectivity index (χ0n) is 10.6. The molecule has 1 aromatic rings.